The van der Waals surface area contributed by atoms with Crippen molar-refractivity contribution in [2.75, 3.05) is 0 Å². The number of nitriles is 1. The molecule has 0 amide bonds. The molecule has 4 heteroatoms. The van der Waals surface area contributed by atoms with Crippen LogP contribution in [0.1, 0.15) is 5.56 Å². The lowest BCUT2D eigenvalue weighted by Gasteiger charge is -2.16. The second kappa shape index (κ2) is 12.0. The predicted molar refractivity (Wildman–Crippen MR) is 214 cm³/mol. The third kappa shape index (κ3) is 4.65. The van der Waals surface area contributed by atoms with Crippen molar-refractivity contribution in [2.24, 2.45) is 0 Å². The van der Waals surface area contributed by atoms with Crippen LogP contribution in [-0.2, 0) is 0 Å². The van der Waals surface area contributed by atoms with Gasteiger partial charge in [-0.15, -0.1) is 0 Å². The average molecular weight is 663 g/mol. The van der Waals surface area contributed by atoms with Gasteiger partial charge in [0.15, 0.2) is 0 Å². The molecule has 52 heavy (non-hydrogen) atoms. The Hall–Kier alpha value is -7.22. The molecular weight excluding hydrogens is 633 g/mol. The van der Waals surface area contributed by atoms with E-state index in [1.54, 1.807) is 0 Å². The minimum atomic E-state index is 0.624. The number of pyridine rings is 1. The van der Waals surface area contributed by atoms with Crippen LogP contribution in [0.4, 0.5) is 0 Å². The summed E-state index contributed by atoms with van der Waals surface area (Å²) in [6, 6.07) is 66.0. The average Bonchev–Trinajstić information content (AvgIpc) is 3.74. The van der Waals surface area contributed by atoms with E-state index in [2.05, 4.69) is 173 Å². The van der Waals surface area contributed by atoms with Gasteiger partial charge in [0.1, 0.15) is 0 Å². The zero-order valence-corrected chi connectivity index (χ0v) is 28.1. The summed E-state index contributed by atoms with van der Waals surface area (Å²) in [5.41, 5.74) is 13.2. The van der Waals surface area contributed by atoms with Gasteiger partial charge in [-0.25, -0.2) is 4.98 Å². The summed E-state index contributed by atoms with van der Waals surface area (Å²) in [4.78, 5) is 5.18. The highest BCUT2D eigenvalue weighted by Crippen LogP contribution is 2.44. The topological polar surface area (TPSA) is 46.5 Å². The number of benzene rings is 7. The van der Waals surface area contributed by atoms with E-state index in [1.165, 1.54) is 10.8 Å². The number of para-hydroxylation sites is 3. The van der Waals surface area contributed by atoms with Crippen LogP contribution in [-0.4, -0.2) is 14.1 Å². The van der Waals surface area contributed by atoms with Gasteiger partial charge in [-0.1, -0.05) is 127 Å². The summed E-state index contributed by atoms with van der Waals surface area (Å²) < 4.78 is 4.75. The van der Waals surface area contributed by atoms with E-state index in [1.807, 2.05) is 24.3 Å². The second-order valence-corrected chi connectivity index (χ2v) is 13.1. The van der Waals surface area contributed by atoms with Crippen molar-refractivity contribution in [1.29, 1.82) is 5.26 Å². The monoisotopic (exact) mass is 662 g/mol. The van der Waals surface area contributed by atoms with Crippen molar-refractivity contribution in [3.8, 4) is 51.1 Å². The van der Waals surface area contributed by atoms with Crippen molar-refractivity contribution in [3.63, 3.8) is 0 Å². The first-order valence-corrected chi connectivity index (χ1v) is 17.5. The van der Waals surface area contributed by atoms with Crippen LogP contribution >= 0.6 is 0 Å². The van der Waals surface area contributed by atoms with E-state index < -0.39 is 0 Å². The molecule has 0 bridgehead atoms. The molecule has 3 heterocycles. The molecule has 4 nitrogen and oxygen atoms in total. The van der Waals surface area contributed by atoms with E-state index in [-0.39, 0.29) is 0 Å². The number of aromatic nitrogens is 3. The largest absolute Gasteiger partial charge is 0.309 e. The highest BCUT2D eigenvalue weighted by molar-refractivity contribution is 6.26. The first-order valence-electron chi connectivity index (χ1n) is 17.5. The highest BCUT2D eigenvalue weighted by atomic mass is 15.0. The Labute approximate surface area is 300 Å². The Kier molecular flexibility index (Phi) is 6.84. The molecule has 0 radical (unpaired) electrons. The third-order valence-corrected chi connectivity index (χ3v) is 10.1. The van der Waals surface area contributed by atoms with Crippen molar-refractivity contribution in [1.82, 2.24) is 14.1 Å². The molecule has 0 fully saturated rings. The Morgan fingerprint density at radius 1 is 0.442 bits per heavy atom. The van der Waals surface area contributed by atoms with Gasteiger partial charge in [-0.2, -0.15) is 5.26 Å². The molecule has 0 N–H and O–H groups in total. The van der Waals surface area contributed by atoms with Gasteiger partial charge in [0.05, 0.1) is 50.8 Å². The summed E-state index contributed by atoms with van der Waals surface area (Å²) in [5, 5.41) is 14.7. The van der Waals surface area contributed by atoms with Crippen LogP contribution in [0, 0.1) is 11.3 Å². The van der Waals surface area contributed by atoms with E-state index in [4.69, 9.17) is 4.98 Å². The van der Waals surface area contributed by atoms with Crippen molar-refractivity contribution < 1.29 is 0 Å². The number of hydrogen-bond donors (Lipinski definition) is 0. The fraction of sp³-hybridized carbons (Fsp3) is 0. The molecule has 10 rings (SSSR count). The van der Waals surface area contributed by atoms with Gasteiger partial charge in [-0.3, -0.25) is 0 Å². The lowest BCUT2D eigenvalue weighted by atomic mass is 9.98. The van der Waals surface area contributed by atoms with E-state index >= 15 is 0 Å². The smallest absolute Gasteiger partial charge is 0.0992 e. The fourth-order valence-corrected chi connectivity index (χ4v) is 7.84. The SMILES string of the molecule is N#Cc1ccc2c3ccc4c(c5ccccc5n4-c4ccccc4)c3n(-c3ccccc3-c3cc(-c4ccccc4)nc(-c4ccccc4)c3)c2c1. The summed E-state index contributed by atoms with van der Waals surface area (Å²) in [5.74, 6) is 0. The fourth-order valence-electron chi connectivity index (χ4n) is 7.84. The number of hydrogen-bond acceptors (Lipinski definition) is 2. The second-order valence-electron chi connectivity index (χ2n) is 13.1. The first kappa shape index (κ1) is 29.7. The third-order valence-electron chi connectivity index (χ3n) is 10.1. The maximum Gasteiger partial charge on any atom is 0.0992 e. The van der Waals surface area contributed by atoms with E-state index in [9.17, 15) is 5.26 Å². The Bertz CT molecular complexity index is 2940. The predicted octanol–water partition coefficient (Wildman–Crippen LogP) is 12.1. The maximum atomic E-state index is 10.1. The standard InChI is InChI=1S/C48H30N4/c49-31-32-24-25-38-39-26-27-45-47(40-21-11-13-23-44(40)51(45)36-18-8-3-9-19-36)48(39)52(46(38)28-32)43-22-12-10-20-37(43)35-29-41(33-14-4-1-5-15-33)50-42(30-35)34-16-6-2-7-17-34/h1-30H. The van der Waals surface area contributed by atoms with Crippen molar-refractivity contribution in [2.45, 2.75) is 0 Å². The highest BCUT2D eigenvalue weighted by Gasteiger charge is 2.23. The molecular formula is C48H30N4. The summed E-state index contributed by atoms with van der Waals surface area (Å²) in [6.45, 7) is 0. The Balaban J connectivity index is 1.34. The lowest BCUT2D eigenvalue weighted by molar-refractivity contribution is 1.17. The molecule has 0 aliphatic rings. The molecule has 3 aromatic heterocycles. The van der Waals surface area contributed by atoms with Crippen LogP contribution in [0.3, 0.4) is 0 Å². The van der Waals surface area contributed by atoms with Crippen LogP contribution in [0.2, 0.25) is 0 Å². The minimum Gasteiger partial charge on any atom is -0.309 e. The zero-order chi connectivity index (χ0) is 34.6. The summed E-state index contributed by atoms with van der Waals surface area (Å²) in [7, 11) is 0. The molecule has 0 saturated carbocycles. The van der Waals surface area contributed by atoms with Gasteiger partial charge in [-0.05, 0) is 60.2 Å². The number of nitrogens with zero attached hydrogens (tertiary/aromatic N) is 4. The van der Waals surface area contributed by atoms with Gasteiger partial charge in [0, 0.05) is 43.9 Å². The molecule has 0 aliphatic heterocycles. The molecule has 7 aromatic carbocycles. The first-order chi connectivity index (χ1) is 25.8. The maximum absolute atomic E-state index is 10.1. The summed E-state index contributed by atoms with van der Waals surface area (Å²) >= 11 is 0. The molecule has 0 aliphatic carbocycles. The Morgan fingerprint density at radius 2 is 1.06 bits per heavy atom. The van der Waals surface area contributed by atoms with E-state index in [0.717, 1.165) is 77.9 Å². The van der Waals surface area contributed by atoms with Gasteiger partial charge >= 0.3 is 0 Å². The molecule has 10 aromatic rings. The van der Waals surface area contributed by atoms with Crippen molar-refractivity contribution >= 4 is 43.6 Å². The lowest BCUT2D eigenvalue weighted by Crippen LogP contribution is -1.99. The minimum absolute atomic E-state index is 0.624. The number of rotatable bonds is 5. The van der Waals surface area contributed by atoms with Gasteiger partial charge < -0.3 is 9.13 Å². The van der Waals surface area contributed by atoms with Crippen LogP contribution in [0.15, 0.2) is 182 Å². The van der Waals surface area contributed by atoms with Crippen LogP contribution in [0.5, 0.6) is 0 Å². The van der Waals surface area contributed by atoms with Gasteiger partial charge in [0.25, 0.3) is 0 Å². The van der Waals surface area contributed by atoms with Crippen molar-refractivity contribution in [3.05, 3.63) is 188 Å². The van der Waals surface area contributed by atoms with E-state index in [0.29, 0.717) is 5.56 Å². The summed E-state index contributed by atoms with van der Waals surface area (Å²) in [6.07, 6.45) is 0. The normalized spacial score (nSPS) is 11.4. The number of fused-ring (bicyclic) bond motifs is 7. The molecule has 0 unspecified atom stereocenters. The molecule has 242 valence electrons. The molecule has 0 spiro atoms. The Morgan fingerprint density at radius 3 is 1.77 bits per heavy atom. The molecule has 0 saturated heterocycles. The quantitative estimate of drug-likeness (QED) is 0.184. The van der Waals surface area contributed by atoms with Crippen LogP contribution < -0.4 is 0 Å². The molecule has 0 atom stereocenters. The zero-order valence-electron chi connectivity index (χ0n) is 28.1. The van der Waals surface area contributed by atoms with Gasteiger partial charge in [0.2, 0.25) is 0 Å². The van der Waals surface area contributed by atoms with Crippen LogP contribution in [0.25, 0.3) is 88.6 Å².